The number of nitrogens with zero attached hydrogens (tertiary/aromatic N) is 5. The summed E-state index contributed by atoms with van der Waals surface area (Å²) < 4.78 is 16.1. The highest BCUT2D eigenvalue weighted by Crippen LogP contribution is 2.39. The summed E-state index contributed by atoms with van der Waals surface area (Å²) in [7, 11) is 0. The van der Waals surface area contributed by atoms with Gasteiger partial charge in [0.15, 0.2) is 5.65 Å². The maximum absolute atomic E-state index is 14.2. The van der Waals surface area contributed by atoms with Crippen LogP contribution in [-0.2, 0) is 4.79 Å². The number of fused-ring (bicyclic) bond motifs is 1. The average Bonchev–Trinajstić information content (AvgIpc) is 3.48. The summed E-state index contributed by atoms with van der Waals surface area (Å²) in [5, 5.41) is 14.6. The zero-order valence-electron chi connectivity index (χ0n) is 21.3. The molecular formula is C29H36FN5O2. The van der Waals surface area contributed by atoms with E-state index in [4.69, 9.17) is 0 Å². The van der Waals surface area contributed by atoms with E-state index in [9.17, 15) is 14.3 Å². The first-order valence-corrected chi connectivity index (χ1v) is 13.8. The number of likely N-dealkylation sites (tertiary alicyclic amines) is 2. The number of aromatic nitrogens is 3. The summed E-state index contributed by atoms with van der Waals surface area (Å²) in [6.45, 7) is 4.32. The van der Waals surface area contributed by atoms with Gasteiger partial charge in [-0.25, -0.2) is 13.9 Å². The molecule has 1 unspecified atom stereocenters. The summed E-state index contributed by atoms with van der Waals surface area (Å²) in [6.07, 6.45) is 10.1. The van der Waals surface area contributed by atoms with E-state index in [-0.39, 0.29) is 17.7 Å². The minimum absolute atomic E-state index is 0.139. The zero-order chi connectivity index (χ0) is 25.4. The Hall–Kier alpha value is -2.84. The molecule has 1 N–H and O–H groups in total. The number of carbonyl (C=O) groups is 1. The van der Waals surface area contributed by atoms with Crippen molar-refractivity contribution in [3.8, 4) is 0 Å². The molecule has 1 aromatic carbocycles. The molecule has 1 saturated carbocycles. The fourth-order valence-electron chi connectivity index (χ4n) is 6.78. The Labute approximate surface area is 217 Å². The first-order chi connectivity index (χ1) is 18.0. The summed E-state index contributed by atoms with van der Waals surface area (Å²) in [6, 6.07) is 10.4. The van der Waals surface area contributed by atoms with E-state index in [0.29, 0.717) is 18.4 Å². The molecule has 0 radical (unpaired) electrons. The van der Waals surface area contributed by atoms with E-state index in [0.717, 1.165) is 69.5 Å². The fourth-order valence-corrected chi connectivity index (χ4v) is 6.78. The van der Waals surface area contributed by atoms with Crippen molar-refractivity contribution in [3.05, 3.63) is 65.9 Å². The zero-order valence-corrected chi connectivity index (χ0v) is 21.3. The molecule has 3 fully saturated rings. The number of hydrogen-bond donors (Lipinski definition) is 1. The van der Waals surface area contributed by atoms with Crippen molar-refractivity contribution in [1.29, 1.82) is 0 Å². The molecule has 0 spiro atoms. The fraction of sp³-hybridized carbons (Fsp3) is 0.552. The number of carboxylic acids is 1. The number of hydrogen-bond acceptors (Lipinski definition) is 5. The van der Waals surface area contributed by atoms with Crippen LogP contribution in [0.2, 0.25) is 0 Å². The van der Waals surface area contributed by atoms with E-state index >= 15 is 0 Å². The predicted molar refractivity (Wildman–Crippen MR) is 139 cm³/mol. The number of piperidine rings is 1. The van der Waals surface area contributed by atoms with Gasteiger partial charge in [-0.15, -0.1) is 0 Å². The van der Waals surface area contributed by atoms with Gasteiger partial charge in [0.25, 0.3) is 0 Å². The Balaban J connectivity index is 1.15. The predicted octanol–water partition coefficient (Wildman–Crippen LogP) is 4.41. The third kappa shape index (κ3) is 5.14. The standard InChI is InChI=1S/C29H36FN5O2/c30-24-7-2-6-22(15-24)25-19-34(26(29(36)37)14-20-4-1-5-20)18-23(25)17-33-12-9-21(10-13-33)27-16-31-28-8-3-11-32-35(27)28/h2-3,6-8,11,15-16,20-21,23,25-26H,1,4-5,9-10,12-14,17-19H2,(H,36,37)/t23?,25-,26+/m1/s1. The Morgan fingerprint density at radius 2 is 1.95 bits per heavy atom. The van der Waals surface area contributed by atoms with E-state index in [1.165, 1.54) is 18.2 Å². The molecule has 37 heavy (non-hydrogen) atoms. The molecule has 4 heterocycles. The molecule has 2 saturated heterocycles. The van der Waals surface area contributed by atoms with Crippen molar-refractivity contribution >= 4 is 11.6 Å². The third-order valence-electron chi connectivity index (χ3n) is 9.06. The highest BCUT2D eigenvalue weighted by molar-refractivity contribution is 5.73. The Morgan fingerprint density at radius 1 is 1.11 bits per heavy atom. The molecule has 1 aliphatic carbocycles. The minimum Gasteiger partial charge on any atom is -0.480 e. The van der Waals surface area contributed by atoms with Gasteiger partial charge in [-0.1, -0.05) is 31.4 Å². The summed E-state index contributed by atoms with van der Waals surface area (Å²) >= 11 is 0. The molecule has 0 bridgehead atoms. The van der Waals surface area contributed by atoms with Crippen LogP contribution in [0.5, 0.6) is 0 Å². The van der Waals surface area contributed by atoms with Gasteiger partial charge in [0.1, 0.15) is 11.9 Å². The van der Waals surface area contributed by atoms with Gasteiger partial charge in [-0.2, -0.15) is 5.10 Å². The lowest BCUT2D eigenvalue weighted by Crippen LogP contribution is -2.43. The van der Waals surface area contributed by atoms with Gasteiger partial charge in [0.2, 0.25) is 0 Å². The number of rotatable bonds is 8. The summed E-state index contributed by atoms with van der Waals surface area (Å²) in [4.78, 5) is 21.5. The monoisotopic (exact) mass is 505 g/mol. The maximum Gasteiger partial charge on any atom is 0.320 e. The van der Waals surface area contributed by atoms with Crippen LogP contribution in [0.1, 0.15) is 61.6 Å². The van der Waals surface area contributed by atoms with E-state index in [1.807, 2.05) is 28.9 Å². The highest BCUT2D eigenvalue weighted by Gasteiger charge is 2.41. The van der Waals surface area contributed by atoms with Crippen LogP contribution in [-0.4, -0.2) is 74.2 Å². The van der Waals surface area contributed by atoms with Gasteiger partial charge < -0.3 is 10.0 Å². The molecule has 0 amide bonds. The van der Waals surface area contributed by atoms with Crippen molar-refractivity contribution in [2.45, 2.75) is 56.4 Å². The lowest BCUT2D eigenvalue weighted by Gasteiger charge is -2.34. The molecule has 3 aliphatic rings. The average molecular weight is 506 g/mol. The highest BCUT2D eigenvalue weighted by atomic mass is 19.1. The topological polar surface area (TPSA) is 74.0 Å². The van der Waals surface area contributed by atoms with Crippen LogP contribution in [0.15, 0.2) is 48.8 Å². The Morgan fingerprint density at radius 3 is 2.68 bits per heavy atom. The van der Waals surface area contributed by atoms with E-state index < -0.39 is 12.0 Å². The maximum atomic E-state index is 14.2. The van der Waals surface area contributed by atoms with Gasteiger partial charge in [-0.3, -0.25) is 9.69 Å². The quantitative estimate of drug-likeness (QED) is 0.489. The first-order valence-electron chi connectivity index (χ1n) is 13.8. The molecular weight excluding hydrogens is 469 g/mol. The van der Waals surface area contributed by atoms with Crippen LogP contribution in [0.4, 0.5) is 4.39 Å². The van der Waals surface area contributed by atoms with Crippen molar-refractivity contribution in [2.75, 3.05) is 32.7 Å². The number of halogens is 1. The normalized spacial score (nSPS) is 24.9. The molecule has 7 nitrogen and oxygen atoms in total. The molecule has 2 aliphatic heterocycles. The lowest BCUT2D eigenvalue weighted by atomic mass is 9.80. The van der Waals surface area contributed by atoms with Gasteiger partial charge >= 0.3 is 5.97 Å². The number of carboxylic acid groups (broad SMARTS) is 1. The summed E-state index contributed by atoms with van der Waals surface area (Å²) in [5.74, 6) is 0.438. The number of aliphatic carboxylic acids is 1. The largest absolute Gasteiger partial charge is 0.480 e. The second-order valence-corrected chi connectivity index (χ2v) is 11.3. The SMILES string of the molecule is O=C(O)[C@H](CC1CCC1)N1CC(CN2CCC(c3cnc4cccnn34)CC2)[C@@H](c2cccc(F)c2)C1. The van der Waals surface area contributed by atoms with Crippen molar-refractivity contribution in [2.24, 2.45) is 11.8 Å². The number of imidazole rings is 1. The van der Waals surface area contributed by atoms with Gasteiger partial charge in [0, 0.05) is 37.7 Å². The molecule has 2 aromatic heterocycles. The second kappa shape index (κ2) is 10.5. The molecule has 196 valence electrons. The second-order valence-electron chi connectivity index (χ2n) is 11.3. The first kappa shape index (κ1) is 24.5. The van der Waals surface area contributed by atoms with Crippen LogP contribution >= 0.6 is 0 Å². The van der Waals surface area contributed by atoms with E-state index in [1.54, 1.807) is 18.3 Å². The molecule has 8 heteroatoms. The Kier molecular flexibility index (Phi) is 6.95. The molecule has 3 atom stereocenters. The summed E-state index contributed by atoms with van der Waals surface area (Å²) in [5.41, 5.74) is 3.06. The van der Waals surface area contributed by atoms with Crippen LogP contribution in [0.3, 0.4) is 0 Å². The van der Waals surface area contributed by atoms with Crippen molar-refractivity contribution in [1.82, 2.24) is 24.4 Å². The van der Waals surface area contributed by atoms with Crippen LogP contribution in [0, 0.1) is 17.7 Å². The Bertz CT molecular complexity index is 1240. The van der Waals surface area contributed by atoms with Crippen LogP contribution in [0.25, 0.3) is 5.65 Å². The molecule has 6 rings (SSSR count). The molecule has 3 aromatic rings. The van der Waals surface area contributed by atoms with Crippen molar-refractivity contribution < 1.29 is 14.3 Å². The third-order valence-corrected chi connectivity index (χ3v) is 9.06. The number of benzene rings is 1. The van der Waals surface area contributed by atoms with Gasteiger partial charge in [0.05, 0.1) is 11.9 Å². The van der Waals surface area contributed by atoms with Crippen LogP contribution < -0.4 is 0 Å². The smallest absolute Gasteiger partial charge is 0.320 e. The van der Waals surface area contributed by atoms with Gasteiger partial charge in [-0.05, 0) is 74.0 Å². The minimum atomic E-state index is -0.715. The van der Waals surface area contributed by atoms with E-state index in [2.05, 4.69) is 19.9 Å². The van der Waals surface area contributed by atoms with Crippen molar-refractivity contribution in [3.63, 3.8) is 0 Å². The lowest BCUT2D eigenvalue weighted by molar-refractivity contribution is -0.144.